The lowest BCUT2D eigenvalue weighted by Crippen LogP contribution is -2.43. The van der Waals surface area contributed by atoms with Gasteiger partial charge in [0.25, 0.3) is 0 Å². The highest BCUT2D eigenvalue weighted by Gasteiger charge is 2.43. The number of hydrogen-bond acceptors (Lipinski definition) is 2. The predicted molar refractivity (Wildman–Crippen MR) is 82.5 cm³/mol. The average Bonchev–Trinajstić information content (AvgIpc) is 2.84. The van der Waals surface area contributed by atoms with Gasteiger partial charge in [-0.3, -0.25) is 4.79 Å². The molecule has 0 unspecified atom stereocenters. The molecule has 0 saturated heterocycles. The van der Waals surface area contributed by atoms with Gasteiger partial charge < -0.3 is 11.1 Å². The topological polar surface area (TPSA) is 55.1 Å². The minimum atomic E-state index is -0.688. The molecule has 1 amide bonds. The summed E-state index contributed by atoms with van der Waals surface area (Å²) >= 11 is 11.1. The lowest BCUT2D eigenvalue weighted by Gasteiger charge is -2.26. The van der Waals surface area contributed by atoms with Crippen molar-refractivity contribution in [3.8, 4) is 0 Å². The molecule has 3 nitrogen and oxygen atoms in total. The third kappa shape index (κ3) is 2.74. The fourth-order valence-corrected chi connectivity index (χ4v) is 2.96. The van der Waals surface area contributed by atoms with Crippen molar-refractivity contribution in [2.24, 2.45) is 11.1 Å². The lowest BCUT2D eigenvalue weighted by molar-refractivity contribution is -0.122. The van der Waals surface area contributed by atoms with Crippen LogP contribution in [0.3, 0.4) is 0 Å². The second-order valence-corrected chi connectivity index (χ2v) is 5.92. The Morgan fingerprint density at radius 1 is 1.42 bits per heavy atom. The molecule has 1 aliphatic carbocycles. The number of nitrogens with one attached hydrogen (secondary N) is 1. The molecule has 0 atom stereocenters. The van der Waals surface area contributed by atoms with Crippen LogP contribution in [-0.2, 0) is 4.79 Å². The van der Waals surface area contributed by atoms with Gasteiger partial charge in [-0.25, -0.2) is 0 Å². The molecule has 2 rings (SSSR count). The van der Waals surface area contributed by atoms with Gasteiger partial charge >= 0.3 is 0 Å². The van der Waals surface area contributed by atoms with Gasteiger partial charge in [-0.05, 0) is 37.5 Å². The summed E-state index contributed by atoms with van der Waals surface area (Å²) in [6.07, 6.45) is 3.43. The van der Waals surface area contributed by atoms with E-state index in [1.165, 1.54) is 0 Å². The van der Waals surface area contributed by atoms with E-state index in [2.05, 4.69) is 5.32 Å². The van der Waals surface area contributed by atoms with Crippen molar-refractivity contribution in [1.82, 2.24) is 0 Å². The van der Waals surface area contributed by atoms with E-state index in [0.717, 1.165) is 31.2 Å². The minimum absolute atomic E-state index is 0.114. The SMILES string of the molecule is Cc1ccc(NC(=O)C2(C(N)=S)CCCC2)cc1Cl. The number of amides is 1. The molecule has 0 spiro atoms. The standard InChI is InChI=1S/C14H17ClN2OS/c1-9-4-5-10(8-11(9)15)17-13(18)14(12(16)19)6-2-3-7-14/h4-5,8H,2-3,6-7H2,1H3,(H2,16,19)(H,17,18). The van der Waals surface area contributed by atoms with Gasteiger partial charge in [-0.2, -0.15) is 0 Å². The second-order valence-electron chi connectivity index (χ2n) is 5.07. The zero-order chi connectivity index (χ0) is 14.0. The van der Waals surface area contributed by atoms with Crippen LogP contribution in [0.4, 0.5) is 5.69 Å². The quantitative estimate of drug-likeness (QED) is 0.840. The second kappa shape index (κ2) is 5.47. The molecule has 1 fully saturated rings. The van der Waals surface area contributed by atoms with E-state index in [1.54, 1.807) is 6.07 Å². The van der Waals surface area contributed by atoms with Crippen LogP contribution in [0.25, 0.3) is 0 Å². The molecule has 102 valence electrons. The molecule has 0 radical (unpaired) electrons. The average molecular weight is 297 g/mol. The fourth-order valence-electron chi connectivity index (χ4n) is 2.49. The van der Waals surface area contributed by atoms with Gasteiger partial charge in [0.1, 0.15) is 0 Å². The molecular formula is C14H17ClN2OS. The number of carbonyl (C=O) groups excluding carboxylic acids is 1. The molecule has 0 aliphatic heterocycles. The molecule has 5 heteroatoms. The van der Waals surface area contributed by atoms with E-state index in [1.807, 2.05) is 19.1 Å². The third-order valence-corrected chi connectivity index (χ3v) is 4.59. The number of nitrogens with two attached hydrogens (primary N) is 1. The summed E-state index contributed by atoms with van der Waals surface area (Å²) in [5.74, 6) is -0.114. The summed E-state index contributed by atoms with van der Waals surface area (Å²) in [5.41, 5.74) is 6.76. The smallest absolute Gasteiger partial charge is 0.237 e. The van der Waals surface area contributed by atoms with Crippen LogP contribution < -0.4 is 11.1 Å². The molecule has 0 heterocycles. The van der Waals surface area contributed by atoms with E-state index in [0.29, 0.717) is 15.7 Å². The highest BCUT2D eigenvalue weighted by Crippen LogP contribution is 2.39. The van der Waals surface area contributed by atoms with Crippen LogP contribution in [-0.4, -0.2) is 10.9 Å². The molecule has 0 bridgehead atoms. The Labute approximate surface area is 123 Å². The van der Waals surface area contributed by atoms with Gasteiger partial charge in [-0.1, -0.05) is 42.7 Å². The Bertz CT molecular complexity index is 524. The van der Waals surface area contributed by atoms with E-state index >= 15 is 0 Å². The Balaban J connectivity index is 2.20. The summed E-state index contributed by atoms with van der Waals surface area (Å²) in [5, 5.41) is 3.52. The van der Waals surface area contributed by atoms with Gasteiger partial charge in [0.05, 0.1) is 10.4 Å². The fraction of sp³-hybridized carbons (Fsp3) is 0.429. The first-order valence-corrected chi connectivity index (χ1v) is 7.12. The monoisotopic (exact) mass is 296 g/mol. The van der Waals surface area contributed by atoms with E-state index < -0.39 is 5.41 Å². The van der Waals surface area contributed by atoms with Crippen molar-refractivity contribution in [3.63, 3.8) is 0 Å². The summed E-state index contributed by atoms with van der Waals surface area (Å²) in [4.78, 5) is 12.7. The van der Waals surface area contributed by atoms with Crippen LogP contribution in [0.2, 0.25) is 5.02 Å². The van der Waals surface area contributed by atoms with Crippen molar-refractivity contribution in [2.75, 3.05) is 5.32 Å². The Kier molecular flexibility index (Phi) is 4.11. The number of hydrogen-bond donors (Lipinski definition) is 2. The molecular weight excluding hydrogens is 280 g/mol. The third-order valence-electron chi connectivity index (χ3n) is 3.79. The predicted octanol–water partition coefficient (Wildman–Crippen LogP) is 3.43. The maximum Gasteiger partial charge on any atom is 0.237 e. The van der Waals surface area contributed by atoms with Crippen molar-refractivity contribution in [1.29, 1.82) is 0 Å². The van der Waals surface area contributed by atoms with Crippen LogP contribution in [0.5, 0.6) is 0 Å². The number of halogens is 1. The van der Waals surface area contributed by atoms with Crippen molar-refractivity contribution >= 4 is 40.4 Å². The van der Waals surface area contributed by atoms with Crippen LogP contribution >= 0.6 is 23.8 Å². The van der Waals surface area contributed by atoms with Crippen molar-refractivity contribution in [2.45, 2.75) is 32.6 Å². The number of thiocarbonyl (C=S) groups is 1. The van der Waals surface area contributed by atoms with Gasteiger partial charge in [0, 0.05) is 10.7 Å². The number of carbonyl (C=O) groups is 1. The Morgan fingerprint density at radius 2 is 2.05 bits per heavy atom. The Hall–Kier alpha value is -1.13. The van der Waals surface area contributed by atoms with E-state index in [4.69, 9.17) is 29.6 Å². The van der Waals surface area contributed by atoms with Gasteiger partial charge in [0.2, 0.25) is 5.91 Å². The molecule has 3 N–H and O–H groups in total. The normalized spacial score (nSPS) is 17.2. The Morgan fingerprint density at radius 3 is 2.58 bits per heavy atom. The summed E-state index contributed by atoms with van der Waals surface area (Å²) in [6.45, 7) is 1.92. The maximum atomic E-state index is 12.5. The van der Waals surface area contributed by atoms with Gasteiger partial charge in [0.15, 0.2) is 0 Å². The lowest BCUT2D eigenvalue weighted by atomic mass is 9.85. The number of benzene rings is 1. The van der Waals surface area contributed by atoms with E-state index in [-0.39, 0.29) is 5.91 Å². The summed E-state index contributed by atoms with van der Waals surface area (Å²) in [7, 11) is 0. The molecule has 1 aromatic carbocycles. The number of anilines is 1. The summed E-state index contributed by atoms with van der Waals surface area (Å²) < 4.78 is 0. The van der Waals surface area contributed by atoms with Crippen molar-refractivity contribution in [3.05, 3.63) is 28.8 Å². The van der Waals surface area contributed by atoms with Crippen LogP contribution in [0.15, 0.2) is 18.2 Å². The van der Waals surface area contributed by atoms with Crippen molar-refractivity contribution < 1.29 is 4.79 Å². The molecule has 1 aromatic rings. The van der Waals surface area contributed by atoms with Gasteiger partial charge in [-0.15, -0.1) is 0 Å². The molecule has 0 aromatic heterocycles. The number of rotatable bonds is 3. The highest BCUT2D eigenvalue weighted by molar-refractivity contribution is 7.80. The largest absolute Gasteiger partial charge is 0.392 e. The zero-order valence-corrected chi connectivity index (χ0v) is 12.4. The first-order valence-electron chi connectivity index (χ1n) is 6.33. The number of aryl methyl sites for hydroxylation is 1. The van der Waals surface area contributed by atoms with Crippen LogP contribution in [0.1, 0.15) is 31.2 Å². The minimum Gasteiger partial charge on any atom is -0.392 e. The molecule has 1 aliphatic rings. The summed E-state index contributed by atoms with van der Waals surface area (Å²) in [6, 6.07) is 5.46. The highest BCUT2D eigenvalue weighted by atomic mass is 35.5. The first kappa shape index (κ1) is 14.3. The molecule has 1 saturated carbocycles. The van der Waals surface area contributed by atoms with E-state index in [9.17, 15) is 4.79 Å². The molecule has 19 heavy (non-hydrogen) atoms. The maximum absolute atomic E-state index is 12.5. The zero-order valence-electron chi connectivity index (χ0n) is 10.8. The first-order chi connectivity index (χ1) is 8.95. The van der Waals surface area contributed by atoms with Crippen LogP contribution in [0, 0.1) is 12.3 Å².